The lowest BCUT2D eigenvalue weighted by molar-refractivity contribution is -0.129. The number of nitrogens with one attached hydrogen (secondary N) is 1. The normalized spacial score (nSPS) is 13.5. The maximum Gasteiger partial charge on any atom is 0.278 e. The van der Waals surface area contributed by atoms with Crippen LogP contribution in [0.2, 0.25) is 0 Å². The van der Waals surface area contributed by atoms with Gasteiger partial charge in [-0.15, -0.1) is 22.7 Å². The smallest absolute Gasteiger partial charge is 0.278 e. The lowest BCUT2D eigenvalue weighted by Gasteiger charge is -2.25. The highest BCUT2D eigenvalue weighted by Crippen LogP contribution is 2.45. The zero-order chi connectivity index (χ0) is 20.8. The molecule has 9 heteroatoms. The maximum atomic E-state index is 12.8. The number of benzene rings is 1. The molecule has 0 fully saturated rings. The summed E-state index contributed by atoms with van der Waals surface area (Å²) >= 11 is 3.11. The van der Waals surface area contributed by atoms with Crippen molar-refractivity contribution < 1.29 is 14.1 Å². The van der Waals surface area contributed by atoms with Crippen LogP contribution in [0, 0.1) is 6.92 Å². The van der Waals surface area contributed by atoms with Crippen molar-refractivity contribution in [1.82, 2.24) is 15.0 Å². The van der Waals surface area contributed by atoms with Crippen LogP contribution >= 0.6 is 22.7 Å². The van der Waals surface area contributed by atoms with Crippen LogP contribution in [-0.2, 0) is 17.8 Å². The molecule has 0 atom stereocenters. The minimum absolute atomic E-state index is 0.0549. The molecule has 1 aromatic carbocycles. The lowest BCUT2D eigenvalue weighted by atomic mass is 10.0. The molecule has 1 aliphatic rings. The van der Waals surface area contributed by atoms with Crippen LogP contribution in [0.4, 0.5) is 5.00 Å². The van der Waals surface area contributed by atoms with Gasteiger partial charge in [-0.3, -0.25) is 9.59 Å². The van der Waals surface area contributed by atoms with Gasteiger partial charge in [0.15, 0.2) is 5.69 Å². The van der Waals surface area contributed by atoms with Gasteiger partial charge in [-0.05, 0) is 31.0 Å². The van der Waals surface area contributed by atoms with Gasteiger partial charge in [0.05, 0.1) is 16.8 Å². The molecule has 0 spiro atoms. The first-order valence-corrected chi connectivity index (χ1v) is 11.1. The van der Waals surface area contributed by atoms with Crippen molar-refractivity contribution in [1.29, 1.82) is 0 Å². The van der Waals surface area contributed by atoms with Crippen LogP contribution < -0.4 is 5.32 Å². The van der Waals surface area contributed by atoms with Crippen molar-refractivity contribution in [2.75, 3.05) is 11.9 Å². The van der Waals surface area contributed by atoms with Crippen molar-refractivity contribution >= 4 is 49.7 Å². The third kappa shape index (κ3) is 3.29. The lowest BCUT2D eigenvalue weighted by Crippen LogP contribution is -2.33. The largest absolute Gasteiger partial charge is 0.361 e. The van der Waals surface area contributed by atoms with Crippen LogP contribution in [-0.4, -0.2) is 33.4 Å². The van der Waals surface area contributed by atoms with E-state index in [2.05, 4.69) is 10.5 Å². The fourth-order valence-electron chi connectivity index (χ4n) is 3.61. The maximum absolute atomic E-state index is 12.8. The SMILES string of the molecule is CC(=O)N1CCc2c(sc(NC(=O)c3cc(C)on3)c2-c2nc3ccccc3s2)C1. The van der Waals surface area contributed by atoms with Gasteiger partial charge in [0.25, 0.3) is 5.91 Å². The summed E-state index contributed by atoms with van der Waals surface area (Å²) in [6.07, 6.45) is 0.732. The Kier molecular flexibility index (Phi) is 4.63. The van der Waals surface area contributed by atoms with E-state index < -0.39 is 0 Å². The average Bonchev–Trinajstić information content (AvgIpc) is 3.42. The highest BCUT2D eigenvalue weighted by atomic mass is 32.1. The van der Waals surface area contributed by atoms with Crippen LogP contribution in [0.15, 0.2) is 34.9 Å². The molecule has 2 amide bonds. The Hall–Kier alpha value is -3.04. The van der Waals surface area contributed by atoms with Gasteiger partial charge in [-0.25, -0.2) is 4.98 Å². The van der Waals surface area contributed by atoms with Crippen molar-refractivity contribution in [3.63, 3.8) is 0 Å². The van der Waals surface area contributed by atoms with Crippen LogP contribution in [0.5, 0.6) is 0 Å². The molecule has 0 radical (unpaired) electrons. The topological polar surface area (TPSA) is 88.3 Å². The summed E-state index contributed by atoms with van der Waals surface area (Å²) in [4.78, 5) is 32.4. The minimum Gasteiger partial charge on any atom is -0.361 e. The van der Waals surface area contributed by atoms with Gasteiger partial charge in [0.2, 0.25) is 5.91 Å². The molecule has 4 heterocycles. The number of hydrogen-bond acceptors (Lipinski definition) is 7. The predicted molar refractivity (Wildman–Crippen MR) is 117 cm³/mol. The van der Waals surface area contributed by atoms with Crippen LogP contribution in [0.25, 0.3) is 20.8 Å². The van der Waals surface area contributed by atoms with E-state index in [4.69, 9.17) is 9.51 Å². The van der Waals surface area contributed by atoms with Crippen molar-refractivity contribution in [2.24, 2.45) is 0 Å². The second-order valence-corrected chi connectivity index (χ2v) is 9.30. The van der Waals surface area contributed by atoms with E-state index in [-0.39, 0.29) is 17.5 Å². The molecule has 4 aromatic rings. The van der Waals surface area contributed by atoms with E-state index in [9.17, 15) is 9.59 Å². The summed E-state index contributed by atoms with van der Waals surface area (Å²) in [6, 6.07) is 9.60. The van der Waals surface area contributed by atoms with Gasteiger partial charge in [0.1, 0.15) is 15.8 Å². The average molecular weight is 439 g/mol. The molecule has 1 N–H and O–H groups in total. The molecule has 0 saturated heterocycles. The minimum atomic E-state index is -0.323. The first-order valence-electron chi connectivity index (χ1n) is 9.50. The number of aromatic nitrogens is 2. The number of carbonyl (C=O) groups is 2. The second kappa shape index (κ2) is 7.33. The van der Waals surface area contributed by atoms with E-state index in [1.807, 2.05) is 29.2 Å². The Labute approximate surface area is 180 Å². The summed E-state index contributed by atoms with van der Waals surface area (Å²) in [5.74, 6) is 0.310. The molecular formula is C21H18N4O3S2. The molecule has 5 rings (SSSR count). The summed E-state index contributed by atoms with van der Waals surface area (Å²) in [6.45, 7) is 4.54. The van der Waals surface area contributed by atoms with Gasteiger partial charge in [-0.2, -0.15) is 0 Å². The highest BCUT2D eigenvalue weighted by molar-refractivity contribution is 7.23. The van der Waals surface area contributed by atoms with Crippen molar-refractivity contribution in [3.8, 4) is 10.6 Å². The number of amides is 2. The molecule has 1 aliphatic heterocycles. The molecule has 7 nitrogen and oxygen atoms in total. The molecule has 3 aromatic heterocycles. The number of anilines is 1. The second-order valence-electron chi connectivity index (χ2n) is 7.16. The summed E-state index contributed by atoms with van der Waals surface area (Å²) in [5, 5.41) is 8.43. The third-order valence-corrected chi connectivity index (χ3v) is 7.28. The van der Waals surface area contributed by atoms with E-state index >= 15 is 0 Å². The standard InChI is InChI=1S/C21H18N4O3S2/c1-11-9-15(24-28-11)19(27)23-21-18(20-22-14-5-3-4-6-16(14)29-20)13-7-8-25(12(2)26)10-17(13)30-21/h3-6,9H,7-8,10H2,1-2H3,(H,23,27). The number of aryl methyl sites for hydroxylation is 1. The summed E-state index contributed by atoms with van der Waals surface area (Å²) in [7, 11) is 0. The van der Waals surface area contributed by atoms with Crippen LogP contribution in [0.3, 0.4) is 0 Å². The van der Waals surface area contributed by atoms with Crippen molar-refractivity contribution in [3.05, 3.63) is 52.2 Å². The van der Waals surface area contributed by atoms with Crippen LogP contribution in [0.1, 0.15) is 33.6 Å². The van der Waals surface area contributed by atoms with E-state index in [1.165, 1.54) is 11.3 Å². The number of nitrogens with zero attached hydrogens (tertiary/aromatic N) is 3. The molecular weight excluding hydrogens is 420 g/mol. The first kappa shape index (κ1) is 19.0. The Morgan fingerprint density at radius 2 is 2.07 bits per heavy atom. The number of fused-ring (bicyclic) bond motifs is 2. The fourth-order valence-corrected chi connectivity index (χ4v) is 5.98. The first-order chi connectivity index (χ1) is 14.5. The molecule has 0 bridgehead atoms. The Morgan fingerprint density at radius 1 is 1.23 bits per heavy atom. The Balaban J connectivity index is 1.60. The molecule has 0 unspecified atom stereocenters. The summed E-state index contributed by atoms with van der Waals surface area (Å²) < 4.78 is 6.13. The number of hydrogen-bond donors (Lipinski definition) is 1. The number of thiazole rings is 1. The van der Waals surface area contributed by atoms with Gasteiger partial charge >= 0.3 is 0 Å². The Bertz CT molecular complexity index is 1250. The number of thiophene rings is 1. The summed E-state index contributed by atoms with van der Waals surface area (Å²) in [5.41, 5.74) is 3.28. The highest BCUT2D eigenvalue weighted by Gasteiger charge is 2.29. The number of para-hydroxylation sites is 1. The van der Waals surface area contributed by atoms with Gasteiger partial charge < -0.3 is 14.7 Å². The number of carbonyl (C=O) groups excluding carboxylic acids is 2. The Morgan fingerprint density at radius 3 is 2.80 bits per heavy atom. The molecule has 0 aliphatic carbocycles. The number of rotatable bonds is 3. The quantitative estimate of drug-likeness (QED) is 0.510. The van der Waals surface area contributed by atoms with Gasteiger partial charge in [0, 0.05) is 30.0 Å². The monoisotopic (exact) mass is 438 g/mol. The third-order valence-electron chi connectivity index (χ3n) is 5.10. The zero-order valence-corrected chi connectivity index (χ0v) is 18.0. The predicted octanol–water partition coefficient (Wildman–Crippen LogP) is 4.48. The molecule has 30 heavy (non-hydrogen) atoms. The van der Waals surface area contributed by atoms with Crippen molar-refractivity contribution in [2.45, 2.75) is 26.8 Å². The van der Waals surface area contributed by atoms with E-state index in [1.54, 1.807) is 31.3 Å². The van der Waals surface area contributed by atoms with Gasteiger partial charge in [-0.1, -0.05) is 17.3 Å². The van der Waals surface area contributed by atoms with E-state index in [0.29, 0.717) is 18.8 Å². The molecule has 152 valence electrons. The fraction of sp³-hybridized carbons (Fsp3) is 0.238. The zero-order valence-electron chi connectivity index (χ0n) is 16.4. The van der Waals surface area contributed by atoms with E-state index in [0.717, 1.165) is 42.7 Å². The molecule has 0 saturated carbocycles.